The lowest BCUT2D eigenvalue weighted by atomic mass is 10.1. The van der Waals surface area contributed by atoms with Crippen molar-refractivity contribution in [2.24, 2.45) is 5.10 Å². The fourth-order valence-corrected chi connectivity index (χ4v) is 2.03. The average Bonchev–Trinajstić information content (AvgIpc) is 2.54. The first-order valence-corrected chi connectivity index (χ1v) is 7.22. The van der Waals surface area contributed by atoms with E-state index in [1.165, 1.54) is 18.3 Å². The van der Waals surface area contributed by atoms with Gasteiger partial charge in [0.1, 0.15) is 5.75 Å². The van der Waals surface area contributed by atoms with Crippen LogP contribution in [0.3, 0.4) is 0 Å². The lowest BCUT2D eigenvalue weighted by Gasteiger charge is -2.08. The van der Waals surface area contributed by atoms with E-state index in [1.54, 1.807) is 12.1 Å². The molecule has 0 saturated heterocycles. The standard InChI is InChI=1S/C17H17N3O4/c1-12-6-7-16(13(2)8-12)24-11-17(21)19-18-10-14-4-3-5-15(9-14)20(22)23/h3-10H,11H2,1-2H3,(H,19,21)/b18-10+. The Labute approximate surface area is 139 Å². The number of hydrazone groups is 1. The summed E-state index contributed by atoms with van der Waals surface area (Å²) >= 11 is 0. The Bertz CT molecular complexity index is 787. The van der Waals surface area contributed by atoms with Crippen molar-refractivity contribution in [1.82, 2.24) is 5.43 Å². The minimum Gasteiger partial charge on any atom is -0.483 e. The van der Waals surface area contributed by atoms with Crippen molar-refractivity contribution in [1.29, 1.82) is 0 Å². The van der Waals surface area contributed by atoms with Crippen LogP contribution in [0.1, 0.15) is 16.7 Å². The molecule has 0 aliphatic heterocycles. The molecule has 0 bridgehead atoms. The van der Waals surface area contributed by atoms with Crippen LogP contribution in [-0.4, -0.2) is 23.7 Å². The van der Waals surface area contributed by atoms with Gasteiger partial charge in [0.15, 0.2) is 6.61 Å². The van der Waals surface area contributed by atoms with Gasteiger partial charge in [-0.25, -0.2) is 5.43 Å². The largest absolute Gasteiger partial charge is 0.483 e. The Balaban J connectivity index is 1.86. The first kappa shape index (κ1) is 17.1. The zero-order valence-corrected chi connectivity index (χ0v) is 13.4. The zero-order chi connectivity index (χ0) is 17.5. The van der Waals surface area contributed by atoms with Gasteiger partial charge >= 0.3 is 0 Å². The van der Waals surface area contributed by atoms with Gasteiger partial charge in [0.2, 0.25) is 0 Å². The van der Waals surface area contributed by atoms with Gasteiger partial charge < -0.3 is 4.74 Å². The maximum atomic E-state index is 11.7. The van der Waals surface area contributed by atoms with E-state index in [4.69, 9.17) is 4.74 Å². The number of nitro groups is 1. The van der Waals surface area contributed by atoms with Gasteiger partial charge in [0.05, 0.1) is 11.1 Å². The van der Waals surface area contributed by atoms with Crippen molar-refractivity contribution in [3.63, 3.8) is 0 Å². The molecule has 0 heterocycles. The second kappa shape index (κ2) is 7.87. The van der Waals surface area contributed by atoms with E-state index in [1.807, 2.05) is 32.0 Å². The number of hydrogen-bond donors (Lipinski definition) is 1. The van der Waals surface area contributed by atoms with Crippen LogP contribution in [0, 0.1) is 24.0 Å². The average molecular weight is 327 g/mol. The van der Waals surface area contributed by atoms with Crippen LogP contribution in [0.4, 0.5) is 5.69 Å². The Morgan fingerprint density at radius 2 is 2.08 bits per heavy atom. The number of non-ortho nitro benzene ring substituents is 1. The molecule has 124 valence electrons. The quantitative estimate of drug-likeness (QED) is 0.501. The summed E-state index contributed by atoms with van der Waals surface area (Å²) in [5.74, 6) is 0.218. The first-order valence-electron chi connectivity index (χ1n) is 7.22. The molecule has 2 aromatic carbocycles. The Morgan fingerprint density at radius 3 is 2.79 bits per heavy atom. The number of nitrogens with zero attached hydrogens (tertiary/aromatic N) is 2. The van der Waals surface area contributed by atoms with Crippen molar-refractivity contribution in [2.75, 3.05) is 6.61 Å². The summed E-state index contributed by atoms with van der Waals surface area (Å²) in [6.07, 6.45) is 1.34. The second-order valence-corrected chi connectivity index (χ2v) is 5.20. The lowest BCUT2D eigenvalue weighted by Crippen LogP contribution is -2.24. The molecule has 24 heavy (non-hydrogen) atoms. The number of carbonyl (C=O) groups excluding carboxylic acids is 1. The second-order valence-electron chi connectivity index (χ2n) is 5.20. The van der Waals surface area contributed by atoms with Crippen LogP contribution < -0.4 is 10.2 Å². The molecule has 0 atom stereocenters. The molecule has 1 N–H and O–H groups in total. The van der Waals surface area contributed by atoms with Crippen LogP contribution in [0.5, 0.6) is 5.75 Å². The van der Waals surface area contributed by atoms with E-state index < -0.39 is 10.8 Å². The maximum absolute atomic E-state index is 11.7. The van der Waals surface area contributed by atoms with Crippen LogP contribution in [0.25, 0.3) is 0 Å². The lowest BCUT2D eigenvalue weighted by molar-refractivity contribution is -0.384. The van der Waals surface area contributed by atoms with Crippen molar-refractivity contribution >= 4 is 17.8 Å². The summed E-state index contributed by atoms with van der Waals surface area (Å²) < 4.78 is 5.43. The van der Waals surface area contributed by atoms with Gasteiger partial charge in [0.25, 0.3) is 11.6 Å². The van der Waals surface area contributed by atoms with Crippen molar-refractivity contribution in [2.45, 2.75) is 13.8 Å². The molecule has 1 amide bonds. The highest BCUT2D eigenvalue weighted by atomic mass is 16.6. The van der Waals surface area contributed by atoms with E-state index >= 15 is 0 Å². The minimum atomic E-state index is -0.492. The van der Waals surface area contributed by atoms with E-state index in [2.05, 4.69) is 10.5 Å². The molecule has 2 rings (SSSR count). The Kier molecular flexibility index (Phi) is 5.62. The molecule has 0 aromatic heterocycles. The van der Waals surface area contributed by atoms with Crippen LogP contribution in [0.2, 0.25) is 0 Å². The molecule has 0 aliphatic carbocycles. The number of rotatable bonds is 6. The fourth-order valence-electron chi connectivity index (χ4n) is 2.03. The monoisotopic (exact) mass is 327 g/mol. The van der Waals surface area contributed by atoms with Gasteiger partial charge in [0, 0.05) is 17.7 Å². The third kappa shape index (κ3) is 4.91. The SMILES string of the molecule is Cc1ccc(OCC(=O)N/N=C/c2cccc([N+](=O)[O-])c2)c(C)c1. The molecular weight excluding hydrogens is 310 g/mol. The number of benzene rings is 2. The fraction of sp³-hybridized carbons (Fsp3) is 0.176. The number of amides is 1. The Hall–Kier alpha value is -3.22. The van der Waals surface area contributed by atoms with Gasteiger partial charge in [-0.15, -0.1) is 0 Å². The molecule has 0 fully saturated rings. The van der Waals surface area contributed by atoms with E-state index in [0.717, 1.165) is 11.1 Å². The summed E-state index contributed by atoms with van der Waals surface area (Å²) in [5, 5.41) is 14.4. The number of carbonyl (C=O) groups is 1. The highest BCUT2D eigenvalue weighted by molar-refractivity contribution is 5.83. The summed E-state index contributed by atoms with van der Waals surface area (Å²) in [4.78, 5) is 21.9. The molecule has 0 spiro atoms. The van der Waals surface area contributed by atoms with Gasteiger partial charge in [-0.3, -0.25) is 14.9 Å². The highest BCUT2D eigenvalue weighted by Gasteiger charge is 2.05. The summed E-state index contributed by atoms with van der Waals surface area (Å²) in [5.41, 5.74) is 4.86. The summed E-state index contributed by atoms with van der Waals surface area (Å²) in [7, 11) is 0. The number of hydrogen-bond acceptors (Lipinski definition) is 5. The van der Waals surface area contributed by atoms with Gasteiger partial charge in [-0.05, 0) is 25.5 Å². The molecule has 7 nitrogen and oxygen atoms in total. The Morgan fingerprint density at radius 1 is 1.29 bits per heavy atom. The smallest absolute Gasteiger partial charge is 0.277 e. The van der Waals surface area contributed by atoms with E-state index in [-0.39, 0.29) is 12.3 Å². The first-order chi connectivity index (χ1) is 11.5. The topological polar surface area (TPSA) is 93.8 Å². The van der Waals surface area contributed by atoms with Crippen molar-refractivity contribution in [3.05, 3.63) is 69.3 Å². The molecule has 0 saturated carbocycles. The minimum absolute atomic E-state index is 0.0385. The van der Waals surface area contributed by atoms with Crippen LogP contribution >= 0.6 is 0 Å². The molecule has 0 aliphatic rings. The van der Waals surface area contributed by atoms with Crippen LogP contribution in [0.15, 0.2) is 47.6 Å². The van der Waals surface area contributed by atoms with Crippen molar-refractivity contribution < 1.29 is 14.5 Å². The molecule has 0 unspecified atom stereocenters. The van der Waals surface area contributed by atoms with Gasteiger partial charge in [-0.2, -0.15) is 5.10 Å². The number of nitro benzene ring substituents is 1. The molecule has 7 heteroatoms. The third-order valence-corrected chi connectivity index (χ3v) is 3.17. The number of nitrogens with one attached hydrogen (secondary N) is 1. The predicted molar refractivity (Wildman–Crippen MR) is 90.2 cm³/mol. The molecule has 0 radical (unpaired) electrons. The number of ether oxygens (including phenoxy) is 1. The van der Waals surface area contributed by atoms with Gasteiger partial charge in [-0.1, -0.05) is 29.8 Å². The van der Waals surface area contributed by atoms with Crippen LogP contribution in [-0.2, 0) is 4.79 Å². The molecular formula is C17H17N3O4. The van der Waals surface area contributed by atoms with E-state index in [9.17, 15) is 14.9 Å². The van der Waals surface area contributed by atoms with E-state index in [0.29, 0.717) is 11.3 Å². The van der Waals surface area contributed by atoms with Crippen molar-refractivity contribution in [3.8, 4) is 5.75 Å². The zero-order valence-electron chi connectivity index (χ0n) is 13.4. The third-order valence-electron chi connectivity index (χ3n) is 3.17. The summed E-state index contributed by atoms with van der Waals surface area (Å²) in [6.45, 7) is 3.71. The maximum Gasteiger partial charge on any atom is 0.277 e. The number of aryl methyl sites for hydroxylation is 2. The molecule has 2 aromatic rings. The normalized spacial score (nSPS) is 10.6. The highest BCUT2D eigenvalue weighted by Crippen LogP contribution is 2.18. The summed E-state index contributed by atoms with van der Waals surface area (Å²) in [6, 6.07) is 11.6. The predicted octanol–water partition coefficient (Wildman–Crippen LogP) is 2.74.